The van der Waals surface area contributed by atoms with E-state index < -0.39 is 0 Å². The van der Waals surface area contributed by atoms with Crippen LogP contribution in [0.15, 0.2) is 18.5 Å². The van der Waals surface area contributed by atoms with Gasteiger partial charge in [-0.25, -0.2) is 0 Å². The van der Waals surface area contributed by atoms with Crippen molar-refractivity contribution in [3.8, 4) is 5.75 Å². The lowest BCUT2D eigenvalue weighted by Gasteiger charge is -2.11. The largest absolute Gasteiger partial charge is 0.490 e. The van der Waals surface area contributed by atoms with Gasteiger partial charge >= 0.3 is 0 Å². The Kier molecular flexibility index (Phi) is 3.22. The number of pyridine rings is 1. The maximum atomic E-state index is 5.78. The van der Waals surface area contributed by atoms with Crippen LogP contribution in [0, 0.1) is 0 Å². The van der Waals surface area contributed by atoms with Crippen LogP contribution in [-0.4, -0.2) is 24.2 Å². The average Bonchev–Trinajstić information content (AvgIpc) is 2.67. The van der Waals surface area contributed by atoms with Gasteiger partial charge < -0.3 is 10.1 Å². The molecule has 0 aromatic carbocycles. The molecule has 1 atom stereocenters. The standard InChI is InChI=1S/C10H13ClN2O/c11-8-4-10(6-12-5-8)14-7-9-2-1-3-13-9/h4-6,9,13H,1-3,7H2/t9-/m1/s1. The van der Waals surface area contributed by atoms with Crippen LogP contribution in [0.25, 0.3) is 0 Å². The van der Waals surface area contributed by atoms with Crippen molar-refractivity contribution >= 4 is 11.6 Å². The first-order chi connectivity index (χ1) is 6.84. The van der Waals surface area contributed by atoms with E-state index in [9.17, 15) is 0 Å². The zero-order valence-electron chi connectivity index (χ0n) is 7.87. The summed E-state index contributed by atoms with van der Waals surface area (Å²) in [6.45, 7) is 1.80. The highest BCUT2D eigenvalue weighted by atomic mass is 35.5. The van der Waals surface area contributed by atoms with E-state index in [2.05, 4.69) is 10.3 Å². The van der Waals surface area contributed by atoms with E-state index in [0.717, 1.165) is 12.3 Å². The highest BCUT2D eigenvalue weighted by Crippen LogP contribution is 2.16. The third kappa shape index (κ3) is 2.59. The van der Waals surface area contributed by atoms with E-state index in [4.69, 9.17) is 16.3 Å². The fourth-order valence-electron chi connectivity index (χ4n) is 1.57. The quantitative estimate of drug-likeness (QED) is 0.831. The Morgan fingerprint density at radius 1 is 1.57 bits per heavy atom. The summed E-state index contributed by atoms with van der Waals surface area (Å²) < 4.78 is 5.56. The predicted molar refractivity (Wildman–Crippen MR) is 55.8 cm³/mol. The van der Waals surface area contributed by atoms with Gasteiger partial charge in [0, 0.05) is 18.3 Å². The van der Waals surface area contributed by atoms with E-state index >= 15 is 0 Å². The minimum atomic E-state index is 0.481. The Balaban J connectivity index is 1.85. The summed E-state index contributed by atoms with van der Waals surface area (Å²) in [5.74, 6) is 0.742. The first kappa shape index (κ1) is 9.74. The number of halogens is 1. The Hall–Kier alpha value is -0.800. The number of nitrogens with one attached hydrogen (secondary N) is 1. The number of aromatic nitrogens is 1. The van der Waals surface area contributed by atoms with Crippen LogP contribution < -0.4 is 10.1 Å². The number of hydrogen-bond donors (Lipinski definition) is 1. The van der Waals surface area contributed by atoms with Gasteiger partial charge in [-0.05, 0) is 19.4 Å². The highest BCUT2D eigenvalue weighted by molar-refractivity contribution is 6.30. The molecule has 4 heteroatoms. The molecular weight excluding hydrogens is 200 g/mol. The maximum absolute atomic E-state index is 5.78. The second-order valence-corrected chi connectivity index (χ2v) is 3.88. The van der Waals surface area contributed by atoms with E-state index in [0.29, 0.717) is 17.7 Å². The van der Waals surface area contributed by atoms with Crippen LogP contribution >= 0.6 is 11.6 Å². The van der Waals surface area contributed by atoms with Crippen molar-refractivity contribution in [2.45, 2.75) is 18.9 Å². The molecule has 1 aliphatic heterocycles. The normalized spacial score (nSPS) is 21.1. The van der Waals surface area contributed by atoms with E-state index in [1.54, 1.807) is 18.5 Å². The summed E-state index contributed by atoms with van der Waals surface area (Å²) in [6, 6.07) is 2.26. The van der Waals surface area contributed by atoms with Crippen molar-refractivity contribution in [3.63, 3.8) is 0 Å². The number of nitrogens with zero attached hydrogens (tertiary/aromatic N) is 1. The molecule has 0 amide bonds. The molecule has 1 N–H and O–H groups in total. The average molecular weight is 213 g/mol. The zero-order valence-corrected chi connectivity index (χ0v) is 8.63. The molecule has 0 bridgehead atoms. The van der Waals surface area contributed by atoms with E-state index in [1.165, 1.54) is 12.8 Å². The molecule has 1 saturated heterocycles. The second-order valence-electron chi connectivity index (χ2n) is 3.44. The third-order valence-corrected chi connectivity index (χ3v) is 2.50. The Morgan fingerprint density at radius 3 is 3.21 bits per heavy atom. The molecule has 1 aromatic rings. The van der Waals surface area contributed by atoms with Crippen LogP contribution in [0.3, 0.4) is 0 Å². The number of rotatable bonds is 3. The molecule has 76 valence electrons. The van der Waals surface area contributed by atoms with Gasteiger partial charge in [-0.2, -0.15) is 0 Å². The summed E-state index contributed by atoms with van der Waals surface area (Å²) in [6.07, 6.45) is 5.71. The van der Waals surface area contributed by atoms with E-state index in [1.807, 2.05) is 0 Å². The smallest absolute Gasteiger partial charge is 0.139 e. The van der Waals surface area contributed by atoms with Crippen LogP contribution in [0.5, 0.6) is 5.75 Å². The summed E-state index contributed by atoms with van der Waals surface area (Å²) >= 11 is 5.78. The first-order valence-electron chi connectivity index (χ1n) is 4.81. The van der Waals surface area contributed by atoms with Crippen molar-refractivity contribution < 1.29 is 4.74 Å². The molecule has 2 rings (SSSR count). The van der Waals surface area contributed by atoms with Gasteiger partial charge in [-0.15, -0.1) is 0 Å². The maximum Gasteiger partial charge on any atom is 0.139 e. The summed E-state index contributed by atoms with van der Waals surface area (Å²) in [5, 5.41) is 3.98. The van der Waals surface area contributed by atoms with E-state index in [-0.39, 0.29) is 0 Å². The molecule has 3 nitrogen and oxygen atoms in total. The van der Waals surface area contributed by atoms with Crippen LogP contribution in [-0.2, 0) is 0 Å². The minimum Gasteiger partial charge on any atom is -0.490 e. The fourth-order valence-corrected chi connectivity index (χ4v) is 1.73. The monoisotopic (exact) mass is 212 g/mol. The van der Waals surface area contributed by atoms with Gasteiger partial charge in [0.1, 0.15) is 12.4 Å². The first-order valence-corrected chi connectivity index (χ1v) is 5.19. The molecule has 1 aliphatic rings. The molecule has 0 unspecified atom stereocenters. The molecule has 0 aliphatic carbocycles. The van der Waals surface area contributed by atoms with Gasteiger partial charge in [-0.1, -0.05) is 11.6 Å². The van der Waals surface area contributed by atoms with Gasteiger partial charge in [0.2, 0.25) is 0 Å². The lowest BCUT2D eigenvalue weighted by molar-refractivity contribution is 0.276. The zero-order chi connectivity index (χ0) is 9.80. The fraction of sp³-hybridized carbons (Fsp3) is 0.500. The summed E-state index contributed by atoms with van der Waals surface area (Å²) in [7, 11) is 0. The van der Waals surface area contributed by atoms with Crippen molar-refractivity contribution in [1.29, 1.82) is 0 Å². The Morgan fingerprint density at radius 2 is 2.50 bits per heavy atom. The summed E-state index contributed by atoms with van der Waals surface area (Å²) in [5.41, 5.74) is 0. The van der Waals surface area contributed by atoms with Crippen molar-refractivity contribution in [1.82, 2.24) is 10.3 Å². The van der Waals surface area contributed by atoms with Crippen molar-refractivity contribution in [2.24, 2.45) is 0 Å². The van der Waals surface area contributed by atoms with Gasteiger partial charge in [0.25, 0.3) is 0 Å². The van der Waals surface area contributed by atoms with Crippen LogP contribution in [0.1, 0.15) is 12.8 Å². The molecule has 1 aromatic heterocycles. The van der Waals surface area contributed by atoms with Gasteiger partial charge in [0.15, 0.2) is 0 Å². The van der Waals surface area contributed by atoms with Crippen molar-refractivity contribution in [2.75, 3.05) is 13.2 Å². The molecule has 0 saturated carbocycles. The third-order valence-electron chi connectivity index (χ3n) is 2.29. The minimum absolute atomic E-state index is 0.481. The topological polar surface area (TPSA) is 34.1 Å². The van der Waals surface area contributed by atoms with Crippen LogP contribution in [0.2, 0.25) is 5.02 Å². The lowest BCUT2D eigenvalue weighted by Crippen LogP contribution is -2.28. The summed E-state index contributed by atoms with van der Waals surface area (Å²) in [4.78, 5) is 3.95. The SMILES string of the molecule is Clc1cncc(OC[C@H]2CCCN2)c1. The molecule has 2 heterocycles. The molecule has 0 spiro atoms. The Labute approximate surface area is 88.4 Å². The molecule has 1 fully saturated rings. The molecule has 0 radical (unpaired) electrons. The molecule has 14 heavy (non-hydrogen) atoms. The van der Waals surface area contributed by atoms with Crippen LogP contribution in [0.4, 0.5) is 0 Å². The lowest BCUT2D eigenvalue weighted by atomic mass is 10.2. The Bertz CT molecular complexity index is 300. The number of ether oxygens (including phenoxy) is 1. The molecular formula is C10H13ClN2O. The van der Waals surface area contributed by atoms with Gasteiger partial charge in [-0.3, -0.25) is 4.98 Å². The second kappa shape index (κ2) is 4.62. The van der Waals surface area contributed by atoms with Crippen molar-refractivity contribution in [3.05, 3.63) is 23.5 Å². The number of hydrogen-bond acceptors (Lipinski definition) is 3. The highest BCUT2D eigenvalue weighted by Gasteiger charge is 2.14. The predicted octanol–water partition coefficient (Wildman–Crippen LogP) is 1.87. The van der Waals surface area contributed by atoms with Gasteiger partial charge in [0.05, 0.1) is 11.2 Å².